The van der Waals surface area contributed by atoms with Crippen LogP contribution in [0.15, 0.2) is 82.7 Å². The Morgan fingerprint density at radius 3 is 2.33 bits per heavy atom. The third kappa shape index (κ3) is 7.28. The van der Waals surface area contributed by atoms with E-state index in [-0.39, 0.29) is 5.91 Å². The summed E-state index contributed by atoms with van der Waals surface area (Å²) in [7, 11) is 5.66. The second-order valence-corrected chi connectivity index (χ2v) is 11.3. The molecule has 0 unspecified atom stereocenters. The number of allylic oxidation sites excluding steroid dienone is 3. The second kappa shape index (κ2) is 14.4. The van der Waals surface area contributed by atoms with Gasteiger partial charge in [-0.1, -0.05) is 32.1 Å². The molecule has 1 amide bonds. The molecule has 1 fully saturated rings. The number of rotatable bonds is 9. The Morgan fingerprint density at radius 2 is 1.74 bits per heavy atom. The van der Waals surface area contributed by atoms with Gasteiger partial charge in [-0.3, -0.25) is 9.69 Å². The molecule has 2 heterocycles. The van der Waals surface area contributed by atoms with Crippen LogP contribution in [0.5, 0.6) is 0 Å². The van der Waals surface area contributed by atoms with Crippen LogP contribution in [-0.4, -0.2) is 68.9 Å². The van der Waals surface area contributed by atoms with Crippen molar-refractivity contribution in [2.24, 2.45) is 4.99 Å². The van der Waals surface area contributed by atoms with E-state index < -0.39 is 0 Å². The summed E-state index contributed by atoms with van der Waals surface area (Å²) in [5, 5.41) is 3.54. The summed E-state index contributed by atoms with van der Waals surface area (Å²) < 4.78 is 5.58. The minimum Gasteiger partial charge on any atom is -0.496 e. The second-order valence-electron chi connectivity index (χ2n) is 11.3. The van der Waals surface area contributed by atoms with Gasteiger partial charge in [0.15, 0.2) is 0 Å². The Morgan fingerprint density at radius 1 is 1.05 bits per heavy atom. The van der Waals surface area contributed by atoms with Crippen LogP contribution in [0.25, 0.3) is 11.3 Å². The minimum atomic E-state index is -0.0821. The molecule has 228 valence electrons. The molecular formula is C36H47N5O2. The number of hydrogen-bond acceptors (Lipinski definition) is 6. The zero-order chi connectivity index (χ0) is 31.1. The van der Waals surface area contributed by atoms with Crippen LogP contribution in [0.1, 0.15) is 57.2 Å². The zero-order valence-corrected chi connectivity index (χ0v) is 27.1. The van der Waals surface area contributed by atoms with Crippen LogP contribution >= 0.6 is 0 Å². The number of methoxy groups -OCH3 is 1. The predicted molar refractivity (Wildman–Crippen MR) is 181 cm³/mol. The van der Waals surface area contributed by atoms with E-state index in [4.69, 9.17) is 9.73 Å². The number of aliphatic imine (C=N–C) groups is 1. The Labute approximate surface area is 257 Å². The van der Waals surface area contributed by atoms with Crippen LogP contribution in [0.4, 0.5) is 11.4 Å². The van der Waals surface area contributed by atoms with Gasteiger partial charge in [0, 0.05) is 61.3 Å². The Balaban J connectivity index is 1.63. The van der Waals surface area contributed by atoms with Gasteiger partial charge >= 0.3 is 0 Å². The number of hydrogen-bond donors (Lipinski definition) is 1. The molecule has 7 nitrogen and oxygen atoms in total. The van der Waals surface area contributed by atoms with E-state index in [0.717, 1.165) is 84.1 Å². The van der Waals surface area contributed by atoms with Crippen LogP contribution in [0.3, 0.4) is 0 Å². The van der Waals surface area contributed by atoms with Crippen molar-refractivity contribution in [3.63, 3.8) is 0 Å². The minimum absolute atomic E-state index is 0.0821. The smallest absolute Gasteiger partial charge is 0.259 e. The molecule has 2 aliphatic heterocycles. The quantitative estimate of drug-likeness (QED) is 0.320. The summed E-state index contributed by atoms with van der Waals surface area (Å²) in [5.74, 6) is 2.15. The van der Waals surface area contributed by atoms with Gasteiger partial charge in [0.05, 0.1) is 7.11 Å². The maximum Gasteiger partial charge on any atom is 0.259 e. The molecule has 0 aliphatic carbocycles. The van der Waals surface area contributed by atoms with Crippen molar-refractivity contribution in [2.45, 2.75) is 47.5 Å². The molecule has 0 bridgehead atoms. The first kappa shape index (κ1) is 31.8. The molecular weight excluding hydrogens is 534 g/mol. The van der Waals surface area contributed by atoms with Crippen LogP contribution in [-0.2, 0) is 9.53 Å². The first-order valence-electron chi connectivity index (χ1n) is 15.3. The molecule has 0 atom stereocenters. The Kier molecular flexibility index (Phi) is 10.6. The standard InChI is InChI=1S/C36H47N5O2/c1-9-12-33(43-8)28-13-18-31(26(5)23-28)32-24-27(11-3)35(40(7)36(32)42)38-34(25(4)10-2)37-29-14-16-30(17-15-29)41-21-19-39(6)20-22-41/h11-18,23-24,37H,9-10,19-22H2,1-8H3/b27-11-,33-12+,34-25?,38-35?. The van der Waals surface area contributed by atoms with E-state index >= 15 is 0 Å². The number of benzene rings is 2. The summed E-state index contributed by atoms with van der Waals surface area (Å²) in [4.78, 5) is 25.3. The van der Waals surface area contributed by atoms with E-state index in [9.17, 15) is 4.79 Å². The number of piperazine rings is 1. The maximum absolute atomic E-state index is 13.8. The predicted octanol–water partition coefficient (Wildman–Crippen LogP) is 7.10. The number of carbonyl (C=O) groups excluding carboxylic acids is 1. The lowest BCUT2D eigenvalue weighted by atomic mass is 9.92. The number of likely N-dealkylation sites (N-methyl/N-ethyl adjacent to an activating group) is 2. The lowest BCUT2D eigenvalue weighted by Crippen LogP contribution is -2.44. The number of nitrogens with zero attached hydrogens (tertiary/aromatic N) is 4. The van der Waals surface area contributed by atoms with Gasteiger partial charge < -0.3 is 19.9 Å². The largest absolute Gasteiger partial charge is 0.496 e. The SMILES string of the molecule is C/C=C1/C=C(c2ccc(/C(=C\CC)OC)cc2C)C(=O)N(C)C1=NC(Nc1ccc(N2CCN(C)CC2)cc1)=C(C)CC. The number of aryl methyl sites for hydroxylation is 1. The van der Waals surface area contributed by atoms with Crippen molar-refractivity contribution in [3.8, 4) is 0 Å². The van der Waals surface area contributed by atoms with Crippen molar-refractivity contribution < 1.29 is 9.53 Å². The average molecular weight is 582 g/mol. The third-order valence-electron chi connectivity index (χ3n) is 8.28. The fourth-order valence-electron chi connectivity index (χ4n) is 5.38. The van der Waals surface area contributed by atoms with Gasteiger partial charge in [-0.2, -0.15) is 0 Å². The lowest BCUT2D eigenvalue weighted by molar-refractivity contribution is -0.120. The fourth-order valence-corrected chi connectivity index (χ4v) is 5.38. The monoisotopic (exact) mass is 581 g/mol. The average Bonchev–Trinajstić information content (AvgIpc) is 3.02. The van der Waals surface area contributed by atoms with E-state index in [1.807, 2.05) is 38.1 Å². The lowest BCUT2D eigenvalue weighted by Gasteiger charge is -2.34. The summed E-state index contributed by atoms with van der Waals surface area (Å²) >= 11 is 0. The summed E-state index contributed by atoms with van der Waals surface area (Å²) in [6.07, 6.45) is 7.77. The zero-order valence-electron chi connectivity index (χ0n) is 27.1. The Hall–Kier alpha value is -4.10. The van der Waals surface area contributed by atoms with Gasteiger partial charge in [0.2, 0.25) is 0 Å². The molecule has 0 spiro atoms. The van der Waals surface area contributed by atoms with Crippen LogP contribution in [0.2, 0.25) is 0 Å². The van der Waals surface area contributed by atoms with Crippen molar-refractivity contribution in [2.75, 3.05) is 57.6 Å². The summed E-state index contributed by atoms with van der Waals surface area (Å²) in [6, 6.07) is 14.7. The summed E-state index contributed by atoms with van der Waals surface area (Å²) in [5.41, 5.74) is 7.80. The molecule has 0 saturated carbocycles. The number of ether oxygens (including phenoxy) is 1. The van der Waals surface area contributed by atoms with Gasteiger partial charge in [-0.05, 0) is 99.8 Å². The van der Waals surface area contributed by atoms with Crippen LogP contribution < -0.4 is 10.2 Å². The van der Waals surface area contributed by atoms with Crippen molar-refractivity contribution in [1.29, 1.82) is 0 Å². The molecule has 2 aliphatic rings. The molecule has 0 radical (unpaired) electrons. The Bertz CT molecular complexity index is 1470. The van der Waals surface area contributed by atoms with Gasteiger partial charge in [-0.15, -0.1) is 0 Å². The van der Waals surface area contributed by atoms with E-state index in [1.54, 1.807) is 19.1 Å². The van der Waals surface area contributed by atoms with Crippen molar-refractivity contribution in [1.82, 2.24) is 9.80 Å². The number of anilines is 2. The molecule has 0 aromatic heterocycles. The normalized spacial score (nSPS) is 19.1. The van der Waals surface area contributed by atoms with Gasteiger partial charge in [-0.25, -0.2) is 4.99 Å². The van der Waals surface area contributed by atoms with E-state index in [2.05, 4.69) is 79.3 Å². The van der Waals surface area contributed by atoms with Crippen LogP contribution in [0, 0.1) is 6.92 Å². The van der Waals surface area contributed by atoms with Gasteiger partial charge in [0.1, 0.15) is 17.4 Å². The first-order valence-corrected chi connectivity index (χ1v) is 15.3. The highest BCUT2D eigenvalue weighted by molar-refractivity contribution is 6.31. The first-order chi connectivity index (χ1) is 20.7. The topological polar surface area (TPSA) is 60.4 Å². The highest BCUT2D eigenvalue weighted by Gasteiger charge is 2.29. The number of amidine groups is 1. The molecule has 2 aromatic carbocycles. The maximum atomic E-state index is 13.8. The molecule has 7 heteroatoms. The van der Waals surface area contributed by atoms with Crippen molar-refractivity contribution in [3.05, 3.63) is 94.4 Å². The summed E-state index contributed by atoms with van der Waals surface area (Å²) in [6.45, 7) is 14.5. The highest BCUT2D eigenvalue weighted by atomic mass is 16.5. The number of nitrogens with one attached hydrogen (secondary N) is 1. The third-order valence-corrected chi connectivity index (χ3v) is 8.28. The molecule has 1 saturated heterocycles. The molecule has 43 heavy (non-hydrogen) atoms. The van der Waals surface area contributed by atoms with E-state index in [1.165, 1.54) is 5.69 Å². The number of carbonyl (C=O) groups is 1. The fraction of sp³-hybridized carbons (Fsp3) is 0.389. The number of amides is 1. The molecule has 2 aromatic rings. The van der Waals surface area contributed by atoms with Gasteiger partial charge in [0.25, 0.3) is 5.91 Å². The molecule has 1 N–H and O–H groups in total. The van der Waals surface area contributed by atoms with Crippen molar-refractivity contribution >= 4 is 34.4 Å². The highest BCUT2D eigenvalue weighted by Crippen LogP contribution is 2.31. The molecule has 4 rings (SSSR count). The van der Waals surface area contributed by atoms with E-state index in [0.29, 0.717) is 11.4 Å².